The fraction of sp³-hybridized carbons (Fsp3) is 0.500. The summed E-state index contributed by atoms with van der Waals surface area (Å²) in [7, 11) is 0. The molecule has 2 amide bonds. The first-order chi connectivity index (χ1) is 16.8. The van der Waals surface area contributed by atoms with Crippen molar-refractivity contribution < 1.29 is 14.3 Å². The third kappa shape index (κ3) is 6.61. The van der Waals surface area contributed by atoms with Crippen LogP contribution in [-0.2, 0) is 9.53 Å². The maximum Gasteiger partial charge on any atom is 0.253 e. The summed E-state index contributed by atoms with van der Waals surface area (Å²) in [6, 6.07) is 15.9. The van der Waals surface area contributed by atoms with Gasteiger partial charge in [-0.25, -0.2) is 0 Å². The molecule has 0 saturated carbocycles. The van der Waals surface area contributed by atoms with Crippen LogP contribution in [0.1, 0.15) is 49.5 Å². The SMILES string of the molecule is CC1CN(c2ccc(NC(=O)CN3CCN(C(=O)c4ccc(C(C)C)cc4)CC3)cc2)CC(C)O1. The lowest BCUT2D eigenvalue weighted by Crippen LogP contribution is -2.50. The van der Waals surface area contributed by atoms with Gasteiger partial charge < -0.3 is 19.9 Å². The zero-order valence-electron chi connectivity index (χ0n) is 21.4. The van der Waals surface area contributed by atoms with E-state index in [4.69, 9.17) is 4.74 Å². The van der Waals surface area contributed by atoms with Gasteiger partial charge in [0.15, 0.2) is 0 Å². The summed E-state index contributed by atoms with van der Waals surface area (Å²) in [4.78, 5) is 31.8. The van der Waals surface area contributed by atoms with E-state index in [2.05, 4.69) is 54.9 Å². The molecule has 2 fully saturated rings. The third-order valence-electron chi connectivity index (χ3n) is 6.79. The van der Waals surface area contributed by atoms with Crippen LogP contribution in [0.5, 0.6) is 0 Å². The van der Waals surface area contributed by atoms with Gasteiger partial charge in [-0.05, 0) is 61.7 Å². The number of carbonyl (C=O) groups excluding carboxylic acids is 2. The van der Waals surface area contributed by atoms with Gasteiger partial charge in [-0.3, -0.25) is 14.5 Å². The molecule has 188 valence electrons. The van der Waals surface area contributed by atoms with Crippen molar-refractivity contribution in [2.45, 2.75) is 45.8 Å². The number of anilines is 2. The van der Waals surface area contributed by atoms with Gasteiger partial charge in [0, 0.05) is 56.2 Å². The normalized spacial score (nSPS) is 21.3. The van der Waals surface area contributed by atoms with E-state index in [0.29, 0.717) is 38.6 Å². The van der Waals surface area contributed by atoms with E-state index in [9.17, 15) is 9.59 Å². The van der Waals surface area contributed by atoms with Crippen LogP contribution in [-0.4, -0.2) is 79.6 Å². The number of nitrogens with zero attached hydrogens (tertiary/aromatic N) is 3. The Labute approximate surface area is 209 Å². The second-order valence-corrected chi connectivity index (χ2v) is 10.1. The maximum atomic E-state index is 12.8. The highest BCUT2D eigenvalue weighted by Crippen LogP contribution is 2.22. The van der Waals surface area contributed by atoms with Crippen molar-refractivity contribution in [1.29, 1.82) is 0 Å². The van der Waals surface area contributed by atoms with Crippen molar-refractivity contribution in [3.05, 3.63) is 59.7 Å². The minimum absolute atomic E-state index is 0.0320. The Morgan fingerprint density at radius 2 is 1.51 bits per heavy atom. The van der Waals surface area contributed by atoms with Crippen molar-refractivity contribution in [1.82, 2.24) is 9.80 Å². The fourth-order valence-corrected chi connectivity index (χ4v) is 4.85. The molecule has 2 heterocycles. The number of piperazine rings is 1. The molecule has 2 aliphatic heterocycles. The van der Waals surface area contributed by atoms with Gasteiger partial charge >= 0.3 is 0 Å². The smallest absolute Gasteiger partial charge is 0.253 e. The molecule has 4 rings (SSSR count). The first-order valence-electron chi connectivity index (χ1n) is 12.7. The Hall–Kier alpha value is -2.90. The third-order valence-corrected chi connectivity index (χ3v) is 6.79. The van der Waals surface area contributed by atoms with Crippen LogP contribution >= 0.6 is 0 Å². The highest BCUT2D eigenvalue weighted by atomic mass is 16.5. The van der Waals surface area contributed by atoms with Gasteiger partial charge in [0.2, 0.25) is 5.91 Å². The summed E-state index contributed by atoms with van der Waals surface area (Å²) in [5, 5.41) is 3.01. The number of rotatable bonds is 6. The number of amides is 2. The van der Waals surface area contributed by atoms with Crippen molar-refractivity contribution in [2.75, 3.05) is 56.0 Å². The lowest BCUT2D eigenvalue weighted by atomic mass is 10.0. The summed E-state index contributed by atoms with van der Waals surface area (Å²) < 4.78 is 5.82. The topological polar surface area (TPSA) is 65.1 Å². The molecule has 2 aromatic carbocycles. The molecule has 2 aromatic rings. The summed E-state index contributed by atoms with van der Waals surface area (Å²) in [6.45, 7) is 13.2. The van der Waals surface area contributed by atoms with Gasteiger partial charge in [-0.15, -0.1) is 0 Å². The number of carbonyl (C=O) groups is 2. The number of hydrogen-bond acceptors (Lipinski definition) is 5. The monoisotopic (exact) mass is 478 g/mol. The molecule has 0 aromatic heterocycles. The standard InChI is InChI=1S/C28H38N4O3/c1-20(2)23-5-7-24(8-6-23)28(34)31-15-13-30(14-16-31)19-27(33)29-25-9-11-26(12-10-25)32-17-21(3)35-22(4)18-32/h5-12,20-22H,13-19H2,1-4H3,(H,29,33). The molecular weight excluding hydrogens is 440 g/mol. The average Bonchev–Trinajstić information content (AvgIpc) is 2.84. The van der Waals surface area contributed by atoms with Gasteiger partial charge in [0.05, 0.1) is 18.8 Å². The Balaban J connectivity index is 1.23. The molecule has 0 spiro atoms. The molecule has 1 N–H and O–H groups in total. The van der Waals surface area contributed by atoms with E-state index >= 15 is 0 Å². The number of morpholine rings is 1. The number of nitrogens with one attached hydrogen (secondary N) is 1. The predicted molar refractivity (Wildman–Crippen MR) is 140 cm³/mol. The second kappa shape index (κ2) is 11.2. The van der Waals surface area contributed by atoms with Gasteiger partial charge in [-0.2, -0.15) is 0 Å². The Morgan fingerprint density at radius 3 is 2.09 bits per heavy atom. The minimum Gasteiger partial charge on any atom is -0.372 e. The lowest BCUT2D eigenvalue weighted by Gasteiger charge is -2.37. The van der Waals surface area contributed by atoms with Gasteiger partial charge in [0.1, 0.15) is 0 Å². The summed E-state index contributed by atoms with van der Waals surface area (Å²) >= 11 is 0. The highest BCUT2D eigenvalue weighted by Gasteiger charge is 2.24. The quantitative estimate of drug-likeness (QED) is 0.684. The molecule has 7 heteroatoms. The minimum atomic E-state index is -0.0320. The molecule has 2 aliphatic rings. The van der Waals surface area contributed by atoms with E-state index < -0.39 is 0 Å². The van der Waals surface area contributed by atoms with Crippen LogP contribution in [0.25, 0.3) is 0 Å². The number of ether oxygens (including phenoxy) is 1. The van der Waals surface area contributed by atoms with Crippen LogP contribution in [0.3, 0.4) is 0 Å². The number of benzene rings is 2. The molecule has 0 radical (unpaired) electrons. The molecule has 7 nitrogen and oxygen atoms in total. The second-order valence-electron chi connectivity index (χ2n) is 10.1. The summed E-state index contributed by atoms with van der Waals surface area (Å²) in [5.74, 6) is 0.480. The molecule has 2 saturated heterocycles. The fourth-order valence-electron chi connectivity index (χ4n) is 4.85. The zero-order chi connectivity index (χ0) is 24.9. The predicted octanol–water partition coefficient (Wildman–Crippen LogP) is 3.82. The van der Waals surface area contributed by atoms with Crippen LogP contribution < -0.4 is 10.2 Å². The Morgan fingerprint density at radius 1 is 0.914 bits per heavy atom. The van der Waals surface area contributed by atoms with Crippen molar-refractivity contribution in [2.24, 2.45) is 0 Å². The first-order valence-corrected chi connectivity index (χ1v) is 12.7. The maximum absolute atomic E-state index is 12.8. The van der Waals surface area contributed by atoms with Crippen LogP contribution in [0.15, 0.2) is 48.5 Å². The molecule has 2 atom stereocenters. The van der Waals surface area contributed by atoms with Gasteiger partial charge in [-0.1, -0.05) is 26.0 Å². The Kier molecular flexibility index (Phi) is 8.08. The van der Waals surface area contributed by atoms with E-state index in [1.54, 1.807) is 0 Å². The van der Waals surface area contributed by atoms with E-state index in [1.165, 1.54) is 5.56 Å². The van der Waals surface area contributed by atoms with E-state index in [-0.39, 0.29) is 24.0 Å². The average molecular weight is 479 g/mol. The molecular formula is C28H38N4O3. The van der Waals surface area contributed by atoms with E-state index in [1.807, 2.05) is 41.3 Å². The highest BCUT2D eigenvalue weighted by molar-refractivity contribution is 5.94. The largest absolute Gasteiger partial charge is 0.372 e. The Bertz CT molecular complexity index is 988. The van der Waals surface area contributed by atoms with Crippen molar-refractivity contribution in [3.8, 4) is 0 Å². The van der Waals surface area contributed by atoms with Gasteiger partial charge in [0.25, 0.3) is 5.91 Å². The van der Waals surface area contributed by atoms with Crippen LogP contribution in [0.4, 0.5) is 11.4 Å². The summed E-state index contributed by atoms with van der Waals surface area (Å²) in [6.07, 6.45) is 0.415. The molecule has 35 heavy (non-hydrogen) atoms. The van der Waals surface area contributed by atoms with E-state index in [0.717, 1.165) is 30.0 Å². The number of hydrogen-bond donors (Lipinski definition) is 1. The molecule has 0 aliphatic carbocycles. The van der Waals surface area contributed by atoms with Crippen molar-refractivity contribution in [3.63, 3.8) is 0 Å². The zero-order valence-corrected chi connectivity index (χ0v) is 21.4. The van der Waals surface area contributed by atoms with Crippen LogP contribution in [0.2, 0.25) is 0 Å². The van der Waals surface area contributed by atoms with Crippen LogP contribution in [0, 0.1) is 0 Å². The lowest BCUT2D eigenvalue weighted by molar-refractivity contribution is -0.117. The van der Waals surface area contributed by atoms with Crippen molar-refractivity contribution >= 4 is 23.2 Å². The molecule has 2 unspecified atom stereocenters. The molecule has 0 bridgehead atoms. The summed E-state index contributed by atoms with van der Waals surface area (Å²) in [5.41, 5.74) is 3.90. The first kappa shape index (κ1) is 25.2.